The minimum atomic E-state index is -1.20. The molecule has 1 aromatic carbocycles. The van der Waals surface area contributed by atoms with E-state index in [1.807, 2.05) is 36.4 Å². The number of hydrogen-bond donors (Lipinski definition) is 1. The number of ether oxygens (including phenoxy) is 1. The average Bonchev–Trinajstić information content (AvgIpc) is 3.11. The number of thiophene rings is 1. The molecule has 0 spiro atoms. The molecule has 3 heterocycles. The van der Waals surface area contributed by atoms with Crippen molar-refractivity contribution in [3.63, 3.8) is 0 Å². The molecule has 0 aliphatic heterocycles. The predicted octanol–water partition coefficient (Wildman–Crippen LogP) is 4.15. The molecule has 29 heavy (non-hydrogen) atoms. The van der Waals surface area contributed by atoms with Gasteiger partial charge in [0.15, 0.2) is 0 Å². The second-order valence-electron chi connectivity index (χ2n) is 6.43. The number of methoxy groups -OCH3 is 1. The van der Waals surface area contributed by atoms with Gasteiger partial charge in [0.2, 0.25) is 0 Å². The SMILES string of the molecule is COCCCS(=O)c1sc2nc(-c3cncnc3)cc(-c3ccccc3)c2c1N. The fourth-order valence-electron chi connectivity index (χ4n) is 3.12. The van der Waals surface area contributed by atoms with E-state index in [-0.39, 0.29) is 0 Å². The number of rotatable bonds is 7. The summed E-state index contributed by atoms with van der Waals surface area (Å²) < 4.78 is 18.6. The molecule has 0 amide bonds. The molecule has 0 radical (unpaired) electrons. The summed E-state index contributed by atoms with van der Waals surface area (Å²) in [5, 5.41) is 0.844. The summed E-state index contributed by atoms with van der Waals surface area (Å²) in [7, 11) is 0.444. The molecule has 148 valence electrons. The number of hydrogen-bond acceptors (Lipinski definition) is 7. The molecule has 8 heteroatoms. The standard InChI is InChI=1S/C21H20N4O2S2/c1-27-8-5-9-29(26)21-19(22)18-16(14-6-3-2-4-7-14)10-17(25-20(18)28-21)15-11-23-13-24-12-15/h2-4,6-7,10-13H,5,8-9,22H2,1H3. The quantitative estimate of drug-likeness (QED) is 0.448. The Morgan fingerprint density at radius 2 is 1.90 bits per heavy atom. The van der Waals surface area contributed by atoms with Gasteiger partial charge in [0.25, 0.3) is 0 Å². The molecule has 6 nitrogen and oxygen atoms in total. The highest BCUT2D eigenvalue weighted by Gasteiger charge is 2.20. The number of nitrogens with zero attached hydrogens (tertiary/aromatic N) is 3. The largest absolute Gasteiger partial charge is 0.396 e. The van der Waals surface area contributed by atoms with E-state index in [4.69, 9.17) is 15.5 Å². The molecule has 1 unspecified atom stereocenters. The number of nitrogen functional groups attached to an aromatic ring is 1. The Balaban J connectivity index is 1.89. The molecule has 0 aliphatic rings. The molecular formula is C21H20N4O2S2. The van der Waals surface area contributed by atoms with Crippen molar-refractivity contribution in [1.82, 2.24) is 15.0 Å². The van der Waals surface area contributed by atoms with Gasteiger partial charge in [0.05, 0.1) is 22.2 Å². The Morgan fingerprint density at radius 3 is 2.62 bits per heavy atom. The van der Waals surface area contributed by atoms with Crippen molar-refractivity contribution >= 4 is 38.0 Å². The maximum atomic E-state index is 12.9. The first-order valence-electron chi connectivity index (χ1n) is 9.10. The second-order valence-corrected chi connectivity index (χ2v) is 9.19. The van der Waals surface area contributed by atoms with E-state index < -0.39 is 10.8 Å². The lowest BCUT2D eigenvalue weighted by atomic mass is 10.0. The zero-order valence-corrected chi connectivity index (χ0v) is 17.5. The van der Waals surface area contributed by atoms with Gasteiger partial charge >= 0.3 is 0 Å². The van der Waals surface area contributed by atoms with Crippen LogP contribution in [-0.2, 0) is 15.5 Å². The van der Waals surface area contributed by atoms with Gasteiger partial charge < -0.3 is 10.5 Å². The van der Waals surface area contributed by atoms with Crippen molar-refractivity contribution in [2.75, 3.05) is 25.2 Å². The van der Waals surface area contributed by atoms with E-state index in [2.05, 4.69) is 9.97 Å². The first-order valence-corrected chi connectivity index (χ1v) is 11.2. The van der Waals surface area contributed by atoms with Crippen LogP contribution in [0.25, 0.3) is 32.6 Å². The van der Waals surface area contributed by atoms with Crippen LogP contribution in [0.3, 0.4) is 0 Å². The number of aromatic nitrogens is 3. The van der Waals surface area contributed by atoms with E-state index in [0.717, 1.165) is 32.6 Å². The van der Waals surface area contributed by atoms with Gasteiger partial charge in [0, 0.05) is 42.8 Å². The van der Waals surface area contributed by atoms with Gasteiger partial charge in [-0.1, -0.05) is 30.3 Å². The summed E-state index contributed by atoms with van der Waals surface area (Å²) >= 11 is 1.39. The van der Waals surface area contributed by atoms with E-state index in [0.29, 0.717) is 28.7 Å². The summed E-state index contributed by atoms with van der Waals surface area (Å²) in [5.74, 6) is 0.505. The lowest BCUT2D eigenvalue weighted by Gasteiger charge is -2.08. The first-order chi connectivity index (χ1) is 14.2. The van der Waals surface area contributed by atoms with E-state index in [1.54, 1.807) is 19.5 Å². The van der Waals surface area contributed by atoms with Crippen LogP contribution in [0.1, 0.15) is 6.42 Å². The molecule has 4 aromatic rings. The second kappa shape index (κ2) is 8.77. The number of pyridine rings is 1. The minimum absolute atomic E-state index is 0.505. The summed E-state index contributed by atoms with van der Waals surface area (Å²) in [6.07, 6.45) is 5.67. The van der Waals surface area contributed by atoms with Crippen molar-refractivity contribution in [1.29, 1.82) is 0 Å². The van der Waals surface area contributed by atoms with Gasteiger partial charge in [-0.3, -0.25) is 4.21 Å². The highest BCUT2D eigenvalue weighted by Crippen LogP contribution is 2.42. The third-order valence-electron chi connectivity index (χ3n) is 4.49. The molecule has 0 bridgehead atoms. The maximum absolute atomic E-state index is 12.9. The molecule has 0 saturated heterocycles. The first kappa shape index (κ1) is 19.6. The number of anilines is 1. The molecule has 0 saturated carbocycles. The zero-order chi connectivity index (χ0) is 20.2. The fraction of sp³-hybridized carbons (Fsp3) is 0.190. The molecule has 0 fully saturated rings. The van der Waals surface area contributed by atoms with E-state index >= 15 is 0 Å². The molecule has 3 aromatic heterocycles. The summed E-state index contributed by atoms with van der Waals surface area (Å²) in [6, 6.07) is 12.0. The Kier molecular flexibility index (Phi) is 5.94. The monoisotopic (exact) mass is 424 g/mol. The lowest BCUT2D eigenvalue weighted by Crippen LogP contribution is -2.02. The fourth-order valence-corrected chi connectivity index (χ4v) is 5.75. The van der Waals surface area contributed by atoms with Crippen molar-refractivity contribution in [3.05, 3.63) is 55.1 Å². The molecule has 1 atom stereocenters. The Bertz CT molecular complexity index is 1150. The zero-order valence-electron chi connectivity index (χ0n) is 15.9. The van der Waals surface area contributed by atoms with Crippen LogP contribution in [0.2, 0.25) is 0 Å². The summed E-state index contributed by atoms with van der Waals surface area (Å²) in [5.41, 5.74) is 10.6. The van der Waals surface area contributed by atoms with Crippen LogP contribution in [0, 0.1) is 0 Å². The van der Waals surface area contributed by atoms with Crippen LogP contribution in [0.15, 0.2) is 59.3 Å². The smallest absolute Gasteiger partial charge is 0.127 e. The van der Waals surface area contributed by atoms with Crippen LogP contribution in [0.4, 0.5) is 5.69 Å². The Hall–Kier alpha value is -2.68. The van der Waals surface area contributed by atoms with Crippen LogP contribution >= 0.6 is 11.3 Å². The van der Waals surface area contributed by atoms with Crippen LogP contribution < -0.4 is 5.73 Å². The predicted molar refractivity (Wildman–Crippen MR) is 118 cm³/mol. The highest BCUT2D eigenvalue weighted by molar-refractivity contribution is 7.87. The topological polar surface area (TPSA) is 91.0 Å². The van der Waals surface area contributed by atoms with Gasteiger partial charge in [-0.15, -0.1) is 11.3 Å². The van der Waals surface area contributed by atoms with Crippen molar-refractivity contribution in [2.45, 2.75) is 10.6 Å². The number of nitrogens with two attached hydrogens (primary N) is 1. The molecule has 0 aliphatic carbocycles. The van der Waals surface area contributed by atoms with Gasteiger partial charge in [-0.2, -0.15) is 0 Å². The Labute approximate surface area is 175 Å². The van der Waals surface area contributed by atoms with Crippen LogP contribution in [-0.4, -0.2) is 38.6 Å². The van der Waals surface area contributed by atoms with E-state index in [9.17, 15) is 4.21 Å². The highest BCUT2D eigenvalue weighted by atomic mass is 32.2. The molecule has 4 rings (SSSR count). The summed E-state index contributed by atoms with van der Waals surface area (Å²) in [6.45, 7) is 0.572. The van der Waals surface area contributed by atoms with Gasteiger partial charge in [-0.25, -0.2) is 15.0 Å². The van der Waals surface area contributed by atoms with Crippen molar-refractivity contribution in [2.24, 2.45) is 0 Å². The molecular weight excluding hydrogens is 404 g/mol. The minimum Gasteiger partial charge on any atom is -0.396 e. The number of benzene rings is 1. The van der Waals surface area contributed by atoms with Crippen LogP contribution in [0.5, 0.6) is 0 Å². The lowest BCUT2D eigenvalue weighted by molar-refractivity contribution is 0.200. The number of fused-ring (bicyclic) bond motifs is 1. The maximum Gasteiger partial charge on any atom is 0.127 e. The van der Waals surface area contributed by atoms with Gasteiger partial charge in [-0.05, 0) is 23.6 Å². The Morgan fingerprint density at radius 1 is 1.14 bits per heavy atom. The van der Waals surface area contributed by atoms with Crippen molar-refractivity contribution in [3.8, 4) is 22.4 Å². The normalized spacial score (nSPS) is 12.3. The third kappa shape index (κ3) is 4.05. The van der Waals surface area contributed by atoms with E-state index in [1.165, 1.54) is 17.7 Å². The van der Waals surface area contributed by atoms with Gasteiger partial charge in [0.1, 0.15) is 15.4 Å². The average molecular weight is 425 g/mol. The molecule has 2 N–H and O–H groups in total. The van der Waals surface area contributed by atoms with Crippen molar-refractivity contribution < 1.29 is 8.95 Å². The third-order valence-corrected chi connectivity index (χ3v) is 7.49. The summed E-state index contributed by atoms with van der Waals surface area (Å²) in [4.78, 5) is 13.8.